The van der Waals surface area contributed by atoms with Gasteiger partial charge in [-0.3, -0.25) is 15.5 Å². The molecule has 38 heavy (non-hydrogen) atoms. The summed E-state index contributed by atoms with van der Waals surface area (Å²) in [7, 11) is 1.57. The molecule has 0 aliphatic heterocycles. The first-order valence-corrected chi connectivity index (χ1v) is 11.9. The molecule has 204 valence electrons. The molecule has 0 fully saturated rings. The number of halogens is 2. The van der Waals surface area contributed by atoms with Gasteiger partial charge in [-0.05, 0) is 49.2 Å². The zero-order valence-electron chi connectivity index (χ0n) is 21.0. The zero-order chi connectivity index (χ0) is 27.9. The minimum atomic E-state index is -0.801. The molecule has 4 N–H and O–H groups in total. The van der Waals surface area contributed by atoms with Crippen LogP contribution in [0.1, 0.15) is 18.1 Å². The number of benzene rings is 2. The molecule has 1 atom stereocenters. The summed E-state index contributed by atoms with van der Waals surface area (Å²) in [5.74, 6) is -1.27. The van der Waals surface area contributed by atoms with Crippen LogP contribution in [0.2, 0.25) is 5.02 Å². The van der Waals surface area contributed by atoms with Crippen molar-refractivity contribution in [1.29, 1.82) is 10.9 Å². The standard InChI is InChI=1S/C25H30ClFN6O5/c1-17(15-18-3-5-19(6-4-18)31-25(35)38-14-13-37-12-11-36-2)30-23(34)10-7-20-22(33(16-28)32-29)9-8-21(26)24(20)27/h3-10,16-17,28-29H,11-15H2,1-2H3,(H,30,34)(H,31,35)/b10-7+,28-16?,32-29?. The average Bonchev–Trinajstić information content (AvgIpc) is 2.89. The Bertz CT molecular complexity index is 1120. The van der Waals surface area contributed by atoms with E-state index in [2.05, 4.69) is 15.9 Å². The average molecular weight is 549 g/mol. The van der Waals surface area contributed by atoms with Gasteiger partial charge in [0.2, 0.25) is 5.91 Å². The van der Waals surface area contributed by atoms with Crippen LogP contribution in [0.4, 0.5) is 20.6 Å². The number of nitrogens with one attached hydrogen (secondary N) is 4. The van der Waals surface area contributed by atoms with E-state index in [1.165, 1.54) is 18.2 Å². The monoisotopic (exact) mass is 548 g/mol. The largest absolute Gasteiger partial charge is 0.447 e. The van der Waals surface area contributed by atoms with E-state index in [4.69, 9.17) is 36.8 Å². The van der Waals surface area contributed by atoms with Gasteiger partial charge in [0, 0.05) is 30.5 Å². The molecule has 13 heteroatoms. The van der Waals surface area contributed by atoms with Crippen molar-refractivity contribution in [2.24, 2.45) is 5.22 Å². The molecule has 2 rings (SSSR count). The van der Waals surface area contributed by atoms with Crippen molar-refractivity contribution in [3.63, 3.8) is 0 Å². The van der Waals surface area contributed by atoms with Crippen LogP contribution in [-0.2, 0) is 25.4 Å². The van der Waals surface area contributed by atoms with E-state index < -0.39 is 17.8 Å². The molecule has 2 aromatic rings. The normalized spacial score (nSPS) is 11.6. The van der Waals surface area contributed by atoms with E-state index in [0.29, 0.717) is 25.3 Å². The summed E-state index contributed by atoms with van der Waals surface area (Å²) < 4.78 is 29.7. The Balaban J connectivity index is 1.87. The van der Waals surface area contributed by atoms with Crippen molar-refractivity contribution in [2.75, 3.05) is 43.9 Å². The van der Waals surface area contributed by atoms with Crippen LogP contribution in [0.15, 0.2) is 47.7 Å². The molecule has 0 aliphatic carbocycles. The number of ether oxygens (including phenoxy) is 3. The number of rotatable bonds is 15. The third-order valence-corrected chi connectivity index (χ3v) is 5.30. The van der Waals surface area contributed by atoms with Crippen molar-refractivity contribution in [3.05, 3.63) is 64.4 Å². The molecule has 2 aromatic carbocycles. The van der Waals surface area contributed by atoms with Crippen LogP contribution in [0.3, 0.4) is 0 Å². The summed E-state index contributed by atoms with van der Waals surface area (Å²) in [5.41, 5.74) is 8.60. The predicted octanol–water partition coefficient (Wildman–Crippen LogP) is 4.81. The fraction of sp³-hybridized carbons (Fsp3) is 0.320. The van der Waals surface area contributed by atoms with Gasteiger partial charge in [0.1, 0.15) is 12.9 Å². The second kappa shape index (κ2) is 16.1. The van der Waals surface area contributed by atoms with Gasteiger partial charge in [-0.25, -0.2) is 14.2 Å². The molecule has 11 nitrogen and oxygen atoms in total. The summed E-state index contributed by atoms with van der Waals surface area (Å²) in [6.45, 7) is 3.09. The van der Waals surface area contributed by atoms with Crippen LogP contribution in [0, 0.1) is 16.8 Å². The Kier molecular flexibility index (Phi) is 12.8. The first kappa shape index (κ1) is 30.4. The van der Waals surface area contributed by atoms with Crippen LogP contribution >= 0.6 is 11.6 Å². The van der Waals surface area contributed by atoms with Crippen molar-refractivity contribution in [2.45, 2.75) is 19.4 Å². The molecular formula is C25H30ClFN6O5. The third-order valence-electron chi connectivity index (χ3n) is 5.01. The Morgan fingerprint density at radius 3 is 2.53 bits per heavy atom. The van der Waals surface area contributed by atoms with Gasteiger partial charge in [-0.2, -0.15) is 5.53 Å². The lowest BCUT2D eigenvalue weighted by molar-refractivity contribution is -0.117. The van der Waals surface area contributed by atoms with Crippen molar-refractivity contribution in [1.82, 2.24) is 5.32 Å². The number of methoxy groups -OCH3 is 1. The molecule has 0 heterocycles. The number of anilines is 2. The van der Waals surface area contributed by atoms with E-state index in [1.807, 2.05) is 19.1 Å². The van der Waals surface area contributed by atoms with E-state index in [1.54, 1.807) is 19.2 Å². The van der Waals surface area contributed by atoms with Gasteiger partial charge in [0.25, 0.3) is 0 Å². The molecule has 2 amide bonds. The lowest BCUT2D eigenvalue weighted by atomic mass is 10.1. The first-order chi connectivity index (χ1) is 18.3. The van der Waals surface area contributed by atoms with E-state index in [0.717, 1.165) is 23.0 Å². The van der Waals surface area contributed by atoms with Gasteiger partial charge in [0.15, 0.2) is 5.82 Å². The minimum absolute atomic E-state index is 0.0833. The molecule has 0 saturated heterocycles. The van der Waals surface area contributed by atoms with Crippen LogP contribution in [-0.4, -0.2) is 57.9 Å². The van der Waals surface area contributed by atoms with Crippen LogP contribution in [0.5, 0.6) is 0 Å². The van der Waals surface area contributed by atoms with Gasteiger partial charge in [0.05, 0.1) is 30.5 Å². The number of carbonyl (C=O) groups is 2. The Hall–Kier alpha value is -3.87. The quantitative estimate of drug-likeness (QED) is 0.0626. The SMILES string of the molecule is COCCOCCOC(=O)Nc1ccc(CC(C)NC(=O)/C=C/c2c(N(C=N)N=N)ccc(Cl)c2F)cc1. The number of amides is 2. The molecule has 0 saturated carbocycles. The summed E-state index contributed by atoms with van der Waals surface area (Å²) in [4.78, 5) is 24.3. The zero-order valence-corrected chi connectivity index (χ0v) is 21.8. The van der Waals surface area contributed by atoms with Gasteiger partial charge in [-0.15, -0.1) is 0 Å². The van der Waals surface area contributed by atoms with Crippen molar-refractivity contribution >= 4 is 47.4 Å². The number of hydrogen-bond acceptors (Lipinski definition) is 8. The number of nitrogens with zero attached hydrogens (tertiary/aromatic N) is 2. The Morgan fingerprint density at radius 2 is 1.87 bits per heavy atom. The van der Waals surface area contributed by atoms with Gasteiger partial charge >= 0.3 is 6.09 Å². The minimum Gasteiger partial charge on any atom is -0.447 e. The van der Waals surface area contributed by atoms with Gasteiger partial charge in [-0.1, -0.05) is 29.0 Å². The number of hydrogen-bond donors (Lipinski definition) is 4. The first-order valence-electron chi connectivity index (χ1n) is 11.5. The summed E-state index contributed by atoms with van der Waals surface area (Å²) in [6.07, 6.45) is 2.99. The molecule has 0 aromatic heterocycles. The second-order valence-corrected chi connectivity index (χ2v) is 8.29. The van der Waals surface area contributed by atoms with E-state index in [-0.39, 0.29) is 35.5 Å². The van der Waals surface area contributed by atoms with Gasteiger partial charge < -0.3 is 19.5 Å². The highest BCUT2D eigenvalue weighted by molar-refractivity contribution is 6.31. The lowest BCUT2D eigenvalue weighted by Gasteiger charge is -2.15. The Labute approximate surface area is 224 Å². The fourth-order valence-corrected chi connectivity index (χ4v) is 3.40. The predicted molar refractivity (Wildman–Crippen MR) is 142 cm³/mol. The van der Waals surface area contributed by atoms with Crippen LogP contribution < -0.4 is 15.6 Å². The van der Waals surface area contributed by atoms with E-state index >= 15 is 0 Å². The topological polar surface area (TPSA) is 149 Å². The molecule has 0 bridgehead atoms. The lowest BCUT2D eigenvalue weighted by Crippen LogP contribution is -2.32. The second-order valence-electron chi connectivity index (χ2n) is 7.88. The Morgan fingerprint density at radius 1 is 1.16 bits per heavy atom. The highest BCUT2D eigenvalue weighted by Crippen LogP contribution is 2.29. The number of carbonyl (C=O) groups excluding carboxylic acids is 2. The van der Waals surface area contributed by atoms with Crippen LogP contribution in [0.25, 0.3) is 6.08 Å². The summed E-state index contributed by atoms with van der Waals surface area (Å²) >= 11 is 5.85. The molecule has 0 radical (unpaired) electrons. The van der Waals surface area contributed by atoms with E-state index in [9.17, 15) is 14.0 Å². The van der Waals surface area contributed by atoms with Crippen molar-refractivity contribution < 1.29 is 28.2 Å². The highest BCUT2D eigenvalue weighted by Gasteiger charge is 2.15. The summed E-state index contributed by atoms with van der Waals surface area (Å²) in [5, 5.41) is 16.5. The fourth-order valence-electron chi connectivity index (χ4n) is 3.24. The molecule has 1 unspecified atom stereocenters. The molecular weight excluding hydrogens is 519 g/mol. The highest BCUT2D eigenvalue weighted by atomic mass is 35.5. The maximum Gasteiger partial charge on any atom is 0.411 e. The van der Waals surface area contributed by atoms with Crippen molar-refractivity contribution in [3.8, 4) is 0 Å². The maximum atomic E-state index is 14.6. The third kappa shape index (κ3) is 9.88. The molecule has 0 spiro atoms. The maximum absolute atomic E-state index is 14.6. The summed E-state index contributed by atoms with van der Waals surface area (Å²) in [6, 6.07) is 9.46. The molecule has 0 aliphatic rings. The smallest absolute Gasteiger partial charge is 0.411 e.